The number of hydrogen-bond acceptors (Lipinski definition) is 4. The third kappa shape index (κ3) is 6.70. The molecule has 4 atom stereocenters. The number of carboxylic acid groups (broad SMARTS) is 1. The second-order valence-corrected chi connectivity index (χ2v) is 17.3. The lowest BCUT2D eigenvalue weighted by Crippen LogP contribution is -2.59. The number of likely N-dealkylation sites (tertiary alicyclic amines) is 1. The SMILES string of the molecule is CC(C)(C)S(=O)(=O)C[C@H](C1CC1)N1C(=O)[C@@](C)(Cc2ccc(C(=O)O)cc2)C[C@H](c2cccc(Cl)c2)[C@H]1c1ccc(Cl)cc1. The number of hydrogen-bond donors (Lipinski definition) is 1. The van der Waals surface area contributed by atoms with E-state index in [-0.39, 0.29) is 29.1 Å². The van der Waals surface area contributed by atoms with Gasteiger partial charge in [0, 0.05) is 22.0 Å². The van der Waals surface area contributed by atoms with E-state index in [1.165, 1.54) is 0 Å². The molecule has 0 radical (unpaired) electrons. The summed E-state index contributed by atoms with van der Waals surface area (Å²) in [4.78, 5) is 28.4. The van der Waals surface area contributed by atoms with E-state index in [2.05, 4.69) is 0 Å². The van der Waals surface area contributed by atoms with Crippen molar-refractivity contribution in [1.29, 1.82) is 0 Å². The van der Waals surface area contributed by atoms with Gasteiger partial charge in [0.1, 0.15) is 0 Å². The molecule has 1 heterocycles. The summed E-state index contributed by atoms with van der Waals surface area (Å²) in [5, 5.41) is 10.6. The van der Waals surface area contributed by atoms with E-state index in [0.29, 0.717) is 22.9 Å². The zero-order valence-electron chi connectivity index (χ0n) is 25.5. The molecule has 1 N–H and O–H groups in total. The summed E-state index contributed by atoms with van der Waals surface area (Å²) >= 11 is 12.8. The standard InChI is InChI=1S/C35H39Cl2NO5S/c1-34(2,3)44(42,43)21-30(23-12-13-23)38-31(24-14-16-27(36)17-15-24)29(26-6-5-7-28(37)18-26)20-35(4,33(38)41)19-22-8-10-25(11-9-22)32(39)40/h5-11,14-18,23,29-31H,12-13,19-21H2,1-4H3,(H,39,40)/t29-,30-,31-,35+/m1/s1. The first-order valence-corrected chi connectivity index (χ1v) is 17.4. The number of rotatable bonds is 9. The molecular formula is C35H39Cl2NO5S. The second kappa shape index (κ2) is 12.1. The van der Waals surface area contributed by atoms with Gasteiger partial charge in [0.2, 0.25) is 5.91 Å². The van der Waals surface area contributed by atoms with Crippen LogP contribution in [0.5, 0.6) is 0 Å². The van der Waals surface area contributed by atoms with Crippen LogP contribution in [0.2, 0.25) is 10.0 Å². The molecule has 1 saturated heterocycles. The minimum Gasteiger partial charge on any atom is -0.478 e. The summed E-state index contributed by atoms with van der Waals surface area (Å²) in [5.74, 6) is -1.36. The molecule has 6 nitrogen and oxygen atoms in total. The Morgan fingerprint density at radius 1 is 0.977 bits per heavy atom. The van der Waals surface area contributed by atoms with Crippen LogP contribution >= 0.6 is 23.2 Å². The largest absolute Gasteiger partial charge is 0.478 e. The molecule has 2 aliphatic rings. The molecule has 0 unspecified atom stereocenters. The number of piperidine rings is 1. The third-order valence-corrected chi connectivity index (χ3v) is 12.4. The lowest BCUT2D eigenvalue weighted by atomic mass is 9.66. The molecule has 234 valence electrons. The van der Waals surface area contributed by atoms with Crippen molar-refractivity contribution < 1.29 is 23.1 Å². The molecule has 3 aromatic carbocycles. The van der Waals surface area contributed by atoms with Crippen LogP contribution in [0.4, 0.5) is 0 Å². The first kappa shape index (κ1) is 32.5. The fourth-order valence-electron chi connectivity index (χ4n) is 6.53. The van der Waals surface area contributed by atoms with Crippen molar-refractivity contribution in [3.63, 3.8) is 0 Å². The summed E-state index contributed by atoms with van der Waals surface area (Å²) < 4.78 is 26.5. The Morgan fingerprint density at radius 3 is 2.16 bits per heavy atom. The molecule has 5 rings (SSSR count). The number of halogens is 2. The summed E-state index contributed by atoms with van der Waals surface area (Å²) in [7, 11) is -3.58. The molecule has 1 saturated carbocycles. The zero-order valence-corrected chi connectivity index (χ0v) is 27.8. The Balaban J connectivity index is 1.68. The van der Waals surface area contributed by atoms with Crippen LogP contribution < -0.4 is 0 Å². The van der Waals surface area contributed by atoms with Gasteiger partial charge in [0.15, 0.2) is 9.84 Å². The lowest BCUT2D eigenvalue weighted by molar-refractivity contribution is -0.154. The van der Waals surface area contributed by atoms with Crippen LogP contribution in [0.15, 0.2) is 72.8 Å². The topological polar surface area (TPSA) is 91.8 Å². The Morgan fingerprint density at radius 2 is 1.61 bits per heavy atom. The molecule has 0 aromatic heterocycles. The van der Waals surface area contributed by atoms with Crippen molar-refractivity contribution in [1.82, 2.24) is 4.90 Å². The smallest absolute Gasteiger partial charge is 0.335 e. The maximum atomic E-state index is 15.0. The average molecular weight is 657 g/mol. The van der Waals surface area contributed by atoms with Gasteiger partial charge < -0.3 is 10.0 Å². The monoisotopic (exact) mass is 655 g/mol. The molecule has 9 heteroatoms. The Labute approximate surface area is 270 Å². The van der Waals surface area contributed by atoms with Crippen LogP contribution in [0, 0.1) is 11.3 Å². The zero-order chi connectivity index (χ0) is 32.0. The van der Waals surface area contributed by atoms with Gasteiger partial charge >= 0.3 is 5.97 Å². The number of nitrogens with zero attached hydrogens (tertiary/aromatic N) is 1. The number of carbonyl (C=O) groups excluding carboxylic acids is 1. The maximum Gasteiger partial charge on any atom is 0.335 e. The highest BCUT2D eigenvalue weighted by Gasteiger charge is 2.55. The summed E-state index contributed by atoms with van der Waals surface area (Å²) in [5.41, 5.74) is 1.97. The van der Waals surface area contributed by atoms with Crippen molar-refractivity contribution in [2.45, 2.75) is 76.1 Å². The fourth-order valence-corrected chi connectivity index (χ4v) is 8.23. The van der Waals surface area contributed by atoms with E-state index in [1.54, 1.807) is 45.0 Å². The van der Waals surface area contributed by atoms with Crippen molar-refractivity contribution in [2.24, 2.45) is 11.3 Å². The van der Waals surface area contributed by atoms with Crippen LogP contribution in [0.3, 0.4) is 0 Å². The van der Waals surface area contributed by atoms with Crippen molar-refractivity contribution >= 4 is 44.9 Å². The van der Waals surface area contributed by atoms with E-state index in [4.69, 9.17) is 23.2 Å². The predicted molar refractivity (Wildman–Crippen MR) is 175 cm³/mol. The highest BCUT2D eigenvalue weighted by atomic mass is 35.5. The van der Waals surface area contributed by atoms with E-state index >= 15 is 4.79 Å². The van der Waals surface area contributed by atoms with Gasteiger partial charge in [0.05, 0.1) is 27.5 Å². The summed E-state index contributed by atoms with van der Waals surface area (Å²) in [6.45, 7) is 7.08. The Hall–Kier alpha value is -2.87. The molecule has 1 aliphatic carbocycles. The minimum atomic E-state index is -3.58. The quantitative estimate of drug-likeness (QED) is 0.252. The number of amides is 1. The number of carbonyl (C=O) groups is 2. The summed E-state index contributed by atoms with van der Waals surface area (Å²) in [6.07, 6.45) is 2.57. The van der Waals surface area contributed by atoms with Crippen LogP contribution in [0.1, 0.15) is 86.0 Å². The van der Waals surface area contributed by atoms with Crippen molar-refractivity contribution in [3.8, 4) is 0 Å². The van der Waals surface area contributed by atoms with E-state index in [9.17, 15) is 18.3 Å². The normalized spacial score (nSPS) is 23.4. The predicted octanol–water partition coefficient (Wildman–Crippen LogP) is 7.99. The Bertz CT molecular complexity index is 1650. The van der Waals surface area contributed by atoms with Gasteiger partial charge in [-0.3, -0.25) is 4.79 Å². The molecule has 44 heavy (non-hydrogen) atoms. The molecule has 2 fully saturated rings. The third-order valence-electron chi connectivity index (χ3n) is 9.23. The molecular weight excluding hydrogens is 617 g/mol. The molecule has 0 spiro atoms. The van der Waals surface area contributed by atoms with Gasteiger partial charge in [-0.25, -0.2) is 13.2 Å². The number of aromatic carboxylic acids is 1. The lowest BCUT2D eigenvalue weighted by Gasteiger charge is -2.52. The van der Waals surface area contributed by atoms with Gasteiger partial charge in [0.25, 0.3) is 0 Å². The van der Waals surface area contributed by atoms with Crippen molar-refractivity contribution in [2.75, 3.05) is 5.75 Å². The van der Waals surface area contributed by atoms with E-state index < -0.39 is 38.1 Å². The number of sulfone groups is 1. The number of benzene rings is 3. The average Bonchev–Trinajstić information content (AvgIpc) is 3.79. The van der Waals surface area contributed by atoms with Gasteiger partial charge in [-0.15, -0.1) is 0 Å². The van der Waals surface area contributed by atoms with Gasteiger partial charge in [-0.2, -0.15) is 0 Å². The molecule has 3 aromatic rings. The molecule has 1 aliphatic heterocycles. The van der Waals surface area contributed by atoms with Gasteiger partial charge in [-0.05, 0) is 105 Å². The van der Waals surface area contributed by atoms with Crippen LogP contribution in [-0.4, -0.2) is 46.8 Å². The highest BCUT2D eigenvalue weighted by Crippen LogP contribution is 2.54. The second-order valence-electron chi connectivity index (χ2n) is 13.6. The Kier molecular flexibility index (Phi) is 8.98. The fraction of sp³-hybridized carbons (Fsp3) is 0.429. The van der Waals surface area contributed by atoms with Crippen LogP contribution in [0.25, 0.3) is 0 Å². The van der Waals surface area contributed by atoms with E-state index in [0.717, 1.165) is 29.5 Å². The van der Waals surface area contributed by atoms with Gasteiger partial charge in [-0.1, -0.05) is 66.5 Å². The number of carboxylic acids is 1. The molecule has 0 bridgehead atoms. The first-order chi connectivity index (χ1) is 20.6. The van der Waals surface area contributed by atoms with E-state index in [1.807, 2.05) is 60.4 Å². The summed E-state index contributed by atoms with van der Waals surface area (Å²) in [6, 6.07) is 20.8. The van der Waals surface area contributed by atoms with Crippen LogP contribution in [-0.2, 0) is 21.1 Å². The molecule has 1 amide bonds. The maximum absolute atomic E-state index is 15.0. The van der Waals surface area contributed by atoms with Crippen molar-refractivity contribution in [3.05, 3.63) is 105 Å². The first-order valence-electron chi connectivity index (χ1n) is 15.0. The minimum absolute atomic E-state index is 0.0723. The highest BCUT2D eigenvalue weighted by molar-refractivity contribution is 7.92.